The summed E-state index contributed by atoms with van der Waals surface area (Å²) in [5, 5.41) is 9.13. The van der Waals surface area contributed by atoms with Gasteiger partial charge in [-0.15, -0.1) is 0 Å². The van der Waals surface area contributed by atoms with Crippen LogP contribution in [-0.2, 0) is 13.1 Å². The summed E-state index contributed by atoms with van der Waals surface area (Å²) >= 11 is 0. The van der Waals surface area contributed by atoms with Crippen molar-refractivity contribution in [3.63, 3.8) is 0 Å². The number of benzene rings is 1. The number of nitrogens with one attached hydrogen (secondary N) is 1. The molecule has 21 heavy (non-hydrogen) atoms. The smallest absolute Gasteiger partial charge is 0.0559 e. The number of hydrogen-bond donors (Lipinski definition) is 1. The number of rotatable bonds is 6. The van der Waals surface area contributed by atoms with Gasteiger partial charge in [0.2, 0.25) is 0 Å². The van der Waals surface area contributed by atoms with Gasteiger partial charge >= 0.3 is 0 Å². The highest BCUT2D eigenvalue weighted by atomic mass is 15.3. The Balaban J connectivity index is 1.58. The van der Waals surface area contributed by atoms with Gasteiger partial charge in [0, 0.05) is 42.7 Å². The first-order valence-corrected chi connectivity index (χ1v) is 7.50. The van der Waals surface area contributed by atoms with E-state index in [0.29, 0.717) is 6.04 Å². The molecule has 0 saturated heterocycles. The van der Waals surface area contributed by atoms with Gasteiger partial charge in [0.15, 0.2) is 0 Å². The van der Waals surface area contributed by atoms with Crippen molar-refractivity contribution in [3.05, 3.63) is 54.5 Å². The van der Waals surface area contributed by atoms with Gasteiger partial charge in [-0.05, 0) is 37.4 Å². The van der Waals surface area contributed by atoms with Crippen LogP contribution in [0.25, 0.3) is 10.9 Å². The van der Waals surface area contributed by atoms with E-state index >= 15 is 0 Å². The maximum Gasteiger partial charge on any atom is 0.0559 e. The standard InChI is InChI=1S/C17H22N4/c1-14(13-20-10-5-8-19-20)18-9-11-21-15(2)12-16-6-3-4-7-17(16)21/h3-8,10,12,14,18H,9,11,13H2,1-2H3. The normalized spacial score (nSPS) is 12.9. The van der Waals surface area contributed by atoms with E-state index in [2.05, 4.69) is 59.2 Å². The summed E-state index contributed by atoms with van der Waals surface area (Å²) in [4.78, 5) is 0. The average Bonchev–Trinajstić information content (AvgIpc) is 3.07. The Morgan fingerprint density at radius 2 is 2.10 bits per heavy atom. The first kappa shape index (κ1) is 13.9. The van der Waals surface area contributed by atoms with Crippen molar-refractivity contribution in [1.82, 2.24) is 19.7 Å². The molecule has 0 aliphatic carbocycles. The second kappa shape index (κ2) is 6.14. The first-order valence-electron chi connectivity index (χ1n) is 7.50. The van der Waals surface area contributed by atoms with Crippen molar-refractivity contribution in [2.24, 2.45) is 0 Å². The van der Waals surface area contributed by atoms with Gasteiger partial charge in [-0.2, -0.15) is 5.10 Å². The minimum absolute atomic E-state index is 0.409. The maximum atomic E-state index is 4.24. The topological polar surface area (TPSA) is 34.8 Å². The quantitative estimate of drug-likeness (QED) is 0.754. The lowest BCUT2D eigenvalue weighted by atomic mass is 10.2. The van der Waals surface area contributed by atoms with Crippen molar-refractivity contribution < 1.29 is 0 Å². The van der Waals surface area contributed by atoms with E-state index in [9.17, 15) is 0 Å². The lowest BCUT2D eigenvalue weighted by Crippen LogP contribution is -2.33. The third kappa shape index (κ3) is 3.16. The summed E-state index contributed by atoms with van der Waals surface area (Å²) in [6.07, 6.45) is 3.82. The van der Waals surface area contributed by atoms with Crippen molar-refractivity contribution in [3.8, 4) is 0 Å². The monoisotopic (exact) mass is 282 g/mol. The molecule has 1 unspecified atom stereocenters. The molecule has 1 N–H and O–H groups in total. The van der Waals surface area contributed by atoms with Gasteiger partial charge in [-0.25, -0.2) is 0 Å². The summed E-state index contributed by atoms with van der Waals surface area (Å²) in [6, 6.07) is 13.2. The Labute approximate surface area is 125 Å². The Hall–Kier alpha value is -2.07. The predicted molar refractivity (Wildman–Crippen MR) is 86.4 cm³/mol. The van der Waals surface area contributed by atoms with E-state index in [4.69, 9.17) is 0 Å². The molecule has 3 rings (SSSR count). The number of aryl methyl sites for hydroxylation is 1. The second-order valence-corrected chi connectivity index (χ2v) is 5.58. The lowest BCUT2D eigenvalue weighted by molar-refractivity contribution is 0.440. The molecule has 0 saturated carbocycles. The molecule has 0 aliphatic rings. The van der Waals surface area contributed by atoms with E-state index in [0.717, 1.165) is 19.6 Å². The van der Waals surface area contributed by atoms with Crippen LogP contribution in [0.2, 0.25) is 0 Å². The maximum absolute atomic E-state index is 4.24. The SMILES string of the molecule is Cc1cc2ccccc2n1CCNC(C)Cn1cccn1. The molecule has 0 spiro atoms. The summed E-state index contributed by atoms with van der Waals surface area (Å²) in [6.45, 7) is 7.22. The van der Waals surface area contributed by atoms with Gasteiger partial charge in [0.05, 0.1) is 6.54 Å². The van der Waals surface area contributed by atoms with Crippen LogP contribution in [0.15, 0.2) is 48.8 Å². The molecule has 110 valence electrons. The molecule has 0 aliphatic heterocycles. The Bertz CT molecular complexity index is 697. The van der Waals surface area contributed by atoms with Crippen LogP contribution in [0.4, 0.5) is 0 Å². The Kier molecular flexibility index (Phi) is 4.06. The number of aromatic nitrogens is 3. The first-order chi connectivity index (χ1) is 10.2. The molecule has 3 aromatic rings. The van der Waals surface area contributed by atoms with E-state index < -0.39 is 0 Å². The molecule has 0 radical (unpaired) electrons. The predicted octanol–water partition coefficient (Wildman–Crippen LogP) is 2.82. The Morgan fingerprint density at radius 3 is 2.90 bits per heavy atom. The number of fused-ring (bicyclic) bond motifs is 1. The van der Waals surface area contributed by atoms with Gasteiger partial charge < -0.3 is 9.88 Å². The Morgan fingerprint density at radius 1 is 1.24 bits per heavy atom. The highest BCUT2D eigenvalue weighted by molar-refractivity contribution is 5.81. The zero-order valence-electron chi connectivity index (χ0n) is 12.7. The number of para-hydroxylation sites is 1. The molecule has 4 heteroatoms. The summed E-state index contributed by atoms with van der Waals surface area (Å²) in [5.41, 5.74) is 2.63. The van der Waals surface area contributed by atoms with Gasteiger partial charge in [-0.1, -0.05) is 18.2 Å². The summed E-state index contributed by atoms with van der Waals surface area (Å²) in [7, 11) is 0. The molecule has 1 aromatic carbocycles. The summed E-state index contributed by atoms with van der Waals surface area (Å²) < 4.78 is 4.34. The van der Waals surface area contributed by atoms with Crippen LogP contribution in [-0.4, -0.2) is 26.9 Å². The molecular weight excluding hydrogens is 260 g/mol. The van der Waals surface area contributed by atoms with Crippen LogP contribution in [0.5, 0.6) is 0 Å². The fraction of sp³-hybridized carbons (Fsp3) is 0.353. The zero-order valence-corrected chi connectivity index (χ0v) is 12.7. The zero-order chi connectivity index (χ0) is 14.7. The van der Waals surface area contributed by atoms with Crippen LogP contribution in [0.1, 0.15) is 12.6 Å². The number of hydrogen-bond acceptors (Lipinski definition) is 2. The van der Waals surface area contributed by atoms with E-state index in [1.165, 1.54) is 16.6 Å². The second-order valence-electron chi connectivity index (χ2n) is 5.58. The molecule has 2 aromatic heterocycles. The van der Waals surface area contributed by atoms with Crippen molar-refractivity contribution in [1.29, 1.82) is 0 Å². The van der Waals surface area contributed by atoms with Crippen molar-refractivity contribution >= 4 is 10.9 Å². The minimum atomic E-state index is 0.409. The molecule has 0 amide bonds. The molecule has 1 atom stereocenters. The third-order valence-electron chi connectivity index (χ3n) is 3.87. The molecule has 0 fully saturated rings. The van der Waals surface area contributed by atoms with Gasteiger partial charge in [0.1, 0.15) is 0 Å². The molecular formula is C17H22N4. The highest BCUT2D eigenvalue weighted by Crippen LogP contribution is 2.18. The largest absolute Gasteiger partial charge is 0.344 e. The van der Waals surface area contributed by atoms with Crippen molar-refractivity contribution in [2.75, 3.05) is 6.54 Å². The minimum Gasteiger partial charge on any atom is -0.344 e. The van der Waals surface area contributed by atoms with Crippen LogP contribution >= 0.6 is 0 Å². The molecule has 0 bridgehead atoms. The van der Waals surface area contributed by atoms with Crippen LogP contribution in [0.3, 0.4) is 0 Å². The van der Waals surface area contributed by atoms with E-state index in [1.807, 2.05) is 23.1 Å². The molecule has 4 nitrogen and oxygen atoms in total. The fourth-order valence-electron chi connectivity index (χ4n) is 2.82. The average molecular weight is 282 g/mol. The fourth-order valence-corrected chi connectivity index (χ4v) is 2.82. The van der Waals surface area contributed by atoms with E-state index in [-0.39, 0.29) is 0 Å². The van der Waals surface area contributed by atoms with Crippen LogP contribution < -0.4 is 5.32 Å². The summed E-state index contributed by atoms with van der Waals surface area (Å²) in [5.74, 6) is 0. The highest BCUT2D eigenvalue weighted by Gasteiger charge is 2.06. The van der Waals surface area contributed by atoms with Crippen molar-refractivity contribution in [2.45, 2.75) is 33.0 Å². The van der Waals surface area contributed by atoms with Crippen LogP contribution in [0, 0.1) is 6.92 Å². The third-order valence-corrected chi connectivity index (χ3v) is 3.87. The van der Waals surface area contributed by atoms with Gasteiger partial charge in [-0.3, -0.25) is 4.68 Å². The molecule has 2 heterocycles. The number of nitrogens with zero attached hydrogens (tertiary/aromatic N) is 3. The van der Waals surface area contributed by atoms with Gasteiger partial charge in [0.25, 0.3) is 0 Å². The lowest BCUT2D eigenvalue weighted by Gasteiger charge is -2.15. The van der Waals surface area contributed by atoms with E-state index in [1.54, 1.807) is 0 Å².